The molecule has 0 fully saturated rings. The summed E-state index contributed by atoms with van der Waals surface area (Å²) < 4.78 is 25.1. The maximum Gasteiger partial charge on any atom is 0.257 e. The van der Waals surface area contributed by atoms with Crippen LogP contribution in [0.3, 0.4) is 0 Å². The van der Waals surface area contributed by atoms with Crippen LogP contribution in [0.5, 0.6) is 0 Å². The largest absolute Gasteiger partial charge is 0.395 e. The zero-order valence-corrected chi connectivity index (χ0v) is 8.88. The van der Waals surface area contributed by atoms with Crippen LogP contribution in [0.25, 0.3) is 0 Å². The Kier molecular flexibility index (Phi) is 7.19. The lowest BCUT2D eigenvalue weighted by Gasteiger charge is -1.99. The molecule has 0 aliphatic carbocycles. The van der Waals surface area contributed by atoms with Crippen LogP contribution in [-0.4, -0.2) is 34.5 Å². The van der Waals surface area contributed by atoms with E-state index in [0.717, 1.165) is 5.56 Å². The van der Waals surface area contributed by atoms with E-state index in [1.165, 1.54) is 10.9 Å². The molecule has 0 aromatic carbocycles. The third-order valence-electron chi connectivity index (χ3n) is 1.63. The maximum absolute atomic E-state index is 11.9. The molecule has 1 rings (SSSR count). The second kappa shape index (κ2) is 7.56. The Morgan fingerprint density at radius 3 is 2.87 bits per heavy atom. The van der Waals surface area contributed by atoms with Crippen LogP contribution in [0.4, 0.5) is 8.78 Å². The lowest BCUT2D eigenvalue weighted by molar-refractivity contribution is 0.122. The molecule has 4 nitrogen and oxygen atoms in total. The topological polar surface area (TPSA) is 50.1 Å². The fraction of sp³-hybridized carbons (Fsp3) is 0.625. The minimum Gasteiger partial charge on any atom is -0.395 e. The predicted octanol–water partition coefficient (Wildman–Crippen LogP) is 0.652. The van der Waals surface area contributed by atoms with Crippen molar-refractivity contribution in [2.75, 3.05) is 13.2 Å². The number of nitrogens with zero attached hydrogens (tertiary/aromatic N) is 2. The average Bonchev–Trinajstić information content (AvgIpc) is 2.52. The number of alkyl halides is 2. The summed E-state index contributed by atoms with van der Waals surface area (Å²) in [6.45, 7) is 0.703. The van der Waals surface area contributed by atoms with E-state index in [0.29, 0.717) is 13.1 Å². The molecule has 1 heterocycles. The molecule has 0 spiro atoms. The van der Waals surface area contributed by atoms with Crippen molar-refractivity contribution >= 4 is 12.4 Å². The molecular weight excluding hydrogens is 228 g/mol. The third kappa shape index (κ3) is 5.66. The van der Waals surface area contributed by atoms with Gasteiger partial charge in [0.1, 0.15) is 6.54 Å². The van der Waals surface area contributed by atoms with E-state index < -0.39 is 6.43 Å². The normalized spacial score (nSPS) is 10.4. The highest BCUT2D eigenvalue weighted by atomic mass is 35.5. The molecule has 7 heteroatoms. The number of aliphatic hydroxyl groups excluding tert-OH is 1. The summed E-state index contributed by atoms with van der Waals surface area (Å²) in [5, 5.41) is 15.2. The Bertz CT molecular complexity index is 270. The SMILES string of the molecule is Cl.OCCNCc1cnn(CC(F)F)c1. The van der Waals surface area contributed by atoms with E-state index in [9.17, 15) is 8.78 Å². The van der Waals surface area contributed by atoms with E-state index in [1.807, 2.05) is 0 Å². The van der Waals surface area contributed by atoms with E-state index in [1.54, 1.807) is 6.20 Å². The lowest BCUT2D eigenvalue weighted by Crippen LogP contribution is -2.17. The maximum atomic E-state index is 11.9. The van der Waals surface area contributed by atoms with E-state index in [-0.39, 0.29) is 25.6 Å². The van der Waals surface area contributed by atoms with Gasteiger partial charge >= 0.3 is 0 Å². The summed E-state index contributed by atoms with van der Waals surface area (Å²) in [6.07, 6.45) is 0.719. The smallest absolute Gasteiger partial charge is 0.257 e. The highest BCUT2D eigenvalue weighted by Gasteiger charge is 2.05. The van der Waals surface area contributed by atoms with Crippen molar-refractivity contribution in [1.82, 2.24) is 15.1 Å². The molecule has 0 saturated heterocycles. The zero-order chi connectivity index (χ0) is 10.4. The summed E-state index contributed by atoms with van der Waals surface area (Å²) in [5.41, 5.74) is 0.833. The zero-order valence-electron chi connectivity index (χ0n) is 8.07. The van der Waals surface area contributed by atoms with Crippen molar-refractivity contribution < 1.29 is 13.9 Å². The number of rotatable bonds is 6. The fourth-order valence-corrected chi connectivity index (χ4v) is 1.05. The van der Waals surface area contributed by atoms with Crippen LogP contribution >= 0.6 is 12.4 Å². The quantitative estimate of drug-likeness (QED) is 0.719. The standard InChI is InChI=1S/C8H13F2N3O.ClH/c9-8(10)6-13-5-7(4-12-13)3-11-1-2-14;/h4-5,8,11,14H,1-3,6H2;1H. The molecule has 88 valence electrons. The Labute approximate surface area is 92.7 Å². The number of hydrogen-bond donors (Lipinski definition) is 2. The van der Waals surface area contributed by atoms with E-state index in [2.05, 4.69) is 10.4 Å². The average molecular weight is 242 g/mol. The van der Waals surface area contributed by atoms with Gasteiger partial charge in [-0.3, -0.25) is 4.68 Å². The highest BCUT2D eigenvalue weighted by molar-refractivity contribution is 5.85. The Morgan fingerprint density at radius 2 is 2.27 bits per heavy atom. The molecule has 0 aliphatic heterocycles. The van der Waals surface area contributed by atoms with Gasteiger partial charge in [0.2, 0.25) is 0 Å². The molecule has 0 atom stereocenters. The van der Waals surface area contributed by atoms with Gasteiger partial charge in [-0.1, -0.05) is 0 Å². The molecule has 0 amide bonds. The monoisotopic (exact) mass is 241 g/mol. The van der Waals surface area contributed by atoms with Crippen molar-refractivity contribution in [2.24, 2.45) is 0 Å². The molecule has 0 aliphatic rings. The van der Waals surface area contributed by atoms with E-state index in [4.69, 9.17) is 5.11 Å². The first kappa shape index (κ1) is 14.3. The molecule has 15 heavy (non-hydrogen) atoms. The second-order valence-electron chi connectivity index (χ2n) is 2.86. The fourth-order valence-electron chi connectivity index (χ4n) is 1.05. The summed E-state index contributed by atoms with van der Waals surface area (Å²) in [5.74, 6) is 0. The van der Waals surface area contributed by atoms with Gasteiger partial charge in [-0.2, -0.15) is 5.10 Å². The van der Waals surface area contributed by atoms with Gasteiger partial charge < -0.3 is 10.4 Å². The molecular formula is C8H14ClF2N3O. The predicted molar refractivity (Wildman–Crippen MR) is 54.3 cm³/mol. The van der Waals surface area contributed by atoms with Crippen molar-refractivity contribution in [3.05, 3.63) is 18.0 Å². The number of nitrogens with one attached hydrogen (secondary N) is 1. The summed E-state index contributed by atoms with van der Waals surface area (Å²) >= 11 is 0. The van der Waals surface area contributed by atoms with Crippen LogP contribution in [-0.2, 0) is 13.1 Å². The van der Waals surface area contributed by atoms with Crippen molar-refractivity contribution in [2.45, 2.75) is 19.5 Å². The van der Waals surface area contributed by atoms with Gasteiger partial charge in [0.25, 0.3) is 6.43 Å². The van der Waals surface area contributed by atoms with Gasteiger partial charge in [-0.15, -0.1) is 12.4 Å². The van der Waals surface area contributed by atoms with Crippen molar-refractivity contribution in [1.29, 1.82) is 0 Å². The van der Waals surface area contributed by atoms with Crippen LogP contribution in [0.1, 0.15) is 5.56 Å². The van der Waals surface area contributed by atoms with Gasteiger partial charge in [0.05, 0.1) is 12.8 Å². The van der Waals surface area contributed by atoms with Crippen LogP contribution in [0.2, 0.25) is 0 Å². The summed E-state index contributed by atoms with van der Waals surface area (Å²) in [6, 6.07) is 0. The van der Waals surface area contributed by atoms with Gasteiger partial charge in [-0.05, 0) is 0 Å². The number of halogens is 3. The van der Waals surface area contributed by atoms with Gasteiger partial charge in [-0.25, -0.2) is 8.78 Å². The molecule has 0 saturated carbocycles. The molecule has 2 N–H and O–H groups in total. The molecule has 0 bridgehead atoms. The molecule has 1 aromatic rings. The number of aromatic nitrogens is 2. The van der Waals surface area contributed by atoms with Gasteiger partial charge in [0, 0.05) is 24.8 Å². The second-order valence-corrected chi connectivity index (χ2v) is 2.86. The summed E-state index contributed by atoms with van der Waals surface area (Å²) in [4.78, 5) is 0. The van der Waals surface area contributed by atoms with Gasteiger partial charge in [0.15, 0.2) is 0 Å². The lowest BCUT2D eigenvalue weighted by atomic mass is 10.3. The van der Waals surface area contributed by atoms with Crippen LogP contribution in [0.15, 0.2) is 12.4 Å². The molecule has 0 radical (unpaired) electrons. The Morgan fingerprint density at radius 1 is 1.53 bits per heavy atom. The Hall–Kier alpha value is -0.720. The molecule has 1 aromatic heterocycles. The number of aliphatic hydroxyl groups is 1. The summed E-state index contributed by atoms with van der Waals surface area (Å²) in [7, 11) is 0. The first-order valence-electron chi connectivity index (χ1n) is 4.33. The highest BCUT2D eigenvalue weighted by Crippen LogP contribution is 2.01. The minimum atomic E-state index is -2.38. The van der Waals surface area contributed by atoms with Crippen LogP contribution < -0.4 is 5.32 Å². The Balaban J connectivity index is 0.00000196. The first-order chi connectivity index (χ1) is 6.72. The van der Waals surface area contributed by atoms with Crippen molar-refractivity contribution in [3.63, 3.8) is 0 Å². The molecule has 0 unspecified atom stereocenters. The van der Waals surface area contributed by atoms with Crippen molar-refractivity contribution in [3.8, 4) is 0 Å². The third-order valence-corrected chi connectivity index (χ3v) is 1.63. The minimum absolute atomic E-state index is 0. The first-order valence-corrected chi connectivity index (χ1v) is 4.33. The van der Waals surface area contributed by atoms with Crippen LogP contribution in [0, 0.1) is 0 Å². The van der Waals surface area contributed by atoms with E-state index >= 15 is 0 Å². The number of hydrogen-bond acceptors (Lipinski definition) is 3.